The molecule has 0 aromatic heterocycles. The molecule has 0 saturated carbocycles. The molecule has 1 aromatic carbocycles. The van der Waals surface area contributed by atoms with E-state index in [1.807, 2.05) is 20.0 Å². The fraction of sp³-hybridized carbons (Fsp3) is 0.500. The highest BCUT2D eigenvalue weighted by atomic mass is 19.1. The quantitative estimate of drug-likeness (QED) is 0.807. The minimum Gasteiger partial charge on any atom is -0.380 e. The summed E-state index contributed by atoms with van der Waals surface area (Å²) in [7, 11) is 1.85. The summed E-state index contributed by atoms with van der Waals surface area (Å²) in [4.78, 5) is 0. The molecule has 0 aliphatic rings. The van der Waals surface area contributed by atoms with Crippen molar-refractivity contribution in [3.05, 3.63) is 35.1 Å². The summed E-state index contributed by atoms with van der Waals surface area (Å²) < 4.78 is 18.7. The van der Waals surface area contributed by atoms with Gasteiger partial charge in [-0.3, -0.25) is 0 Å². The van der Waals surface area contributed by atoms with E-state index in [1.165, 1.54) is 0 Å². The van der Waals surface area contributed by atoms with Crippen molar-refractivity contribution < 1.29 is 9.13 Å². The monoisotopic (exact) mass is 211 g/mol. The second kappa shape index (κ2) is 5.83. The van der Waals surface area contributed by atoms with Crippen molar-refractivity contribution in [1.82, 2.24) is 5.32 Å². The average molecular weight is 211 g/mol. The van der Waals surface area contributed by atoms with Crippen molar-refractivity contribution in [2.45, 2.75) is 19.9 Å². The Kier molecular flexibility index (Phi) is 4.72. The van der Waals surface area contributed by atoms with Gasteiger partial charge >= 0.3 is 0 Å². The van der Waals surface area contributed by atoms with Crippen LogP contribution in [0, 0.1) is 12.7 Å². The number of rotatable bonds is 5. The molecule has 0 bridgehead atoms. The van der Waals surface area contributed by atoms with E-state index in [-0.39, 0.29) is 11.9 Å². The Morgan fingerprint density at radius 3 is 2.73 bits per heavy atom. The van der Waals surface area contributed by atoms with Crippen molar-refractivity contribution in [1.29, 1.82) is 0 Å². The third-order valence-corrected chi connectivity index (χ3v) is 2.44. The second-order valence-corrected chi connectivity index (χ2v) is 3.51. The van der Waals surface area contributed by atoms with Gasteiger partial charge in [-0.2, -0.15) is 0 Å². The summed E-state index contributed by atoms with van der Waals surface area (Å²) in [5.41, 5.74) is 1.60. The number of hydrogen-bond donors (Lipinski definition) is 1. The molecule has 0 fully saturated rings. The summed E-state index contributed by atoms with van der Waals surface area (Å²) in [6.07, 6.45) is 0. The van der Waals surface area contributed by atoms with E-state index in [2.05, 4.69) is 5.32 Å². The maximum Gasteiger partial charge on any atom is 0.126 e. The number of hydrogen-bond acceptors (Lipinski definition) is 2. The third kappa shape index (κ3) is 3.29. The van der Waals surface area contributed by atoms with E-state index in [1.54, 1.807) is 19.1 Å². The zero-order valence-corrected chi connectivity index (χ0v) is 9.51. The highest BCUT2D eigenvalue weighted by molar-refractivity contribution is 5.25. The van der Waals surface area contributed by atoms with Crippen LogP contribution in [-0.2, 0) is 4.74 Å². The molecule has 0 aliphatic heterocycles. The molecule has 0 heterocycles. The van der Waals surface area contributed by atoms with Gasteiger partial charge in [-0.1, -0.05) is 12.1 Å². The summed E-state index contributed by atoms with van der Waals surface area (Å²) in [5.74, 6) is -0.163. The van der Waals surface area contributed by atoms with Gasteiger partial charge < -0.3 is 10.1 Å². The lowest BCUT2D eigenvalue weighted by atomic mass is 10.1. The van der Waals surface area contributed by atoms with Crippen LogP contribution in [-0.4, -0.2) is 20.3 Å². The van der Waals surface area contributed by atoms with Crippen LogP contribution in [0.5, 0.6) is 0 Å². The number of nitrogens with one attached hydrogen (secondary N) is 1. The Hall–Kier alpha value is -0.930. The van der Waals surface area contributed by atoms with Crippen LogP contribution in [0.3, 0.4) is 0 Å². The van der Waals surface area contributed by atoms with Crippen LogP contribution >= 0.6 is 0 Å². The van der Waals surface area contributed by atoms with E-state index in [9.17, 15) is 4.39 Å². The predicted octanol–water partition coefficient (Wildman–Crippen LogP) is 2.43. The topological polar surface area (TPSA) is 21.3 Å². The maximum absolute atomic E-state index is 13.3. The molecule has 2 nitrogen and oxygen atoms in total. The summed E-state index contributed by atoms with van der Waals surface area (Å²) in [6.45, 7) is 4.94. The van der Waals surface area contributed by atoms with Gasteiger partial charge in [-0.05, 0) is 38.1 Å². The highest BCUT2D eigenvalue weighted by Gasteiger charge is 2.10. The number of ether oxygens (including phenoxy) is 1. The molecule has 0 aliphatic carbocycles. The van der Waals surface area contributed by atoms with Crippen LogP contribution < -0.4 is 5.32 Å². The molecule has 1 N–H and O–H groups in total. The van der Waals surface area contributed by atoms with E-state index < -0.39 is 0 Å². The van der Waals surface area contributed by atoms with Gasteiger partial charge in [0.05, 0.1) is 12.6 Å². The largest absolute Gasteiger partial charge is 0.380 e. The third-order valence-electron chi connectivity index (χ3n) is 2.44. The first-order chi connectivity index (χ1) is 7.19. The zero-order chi connectivity index (χ0) is 11.3. The average Bonchev–Trinajstić information content (AvgIpc) is 2.24. The van der Waals surface area contributed by atoms with Crippen LogP contribution in [0.4, 0.5) is 4.39 Å². The Morgan fingerprint density at radius 1 is 1.47 bits per heavy atom. The van der Waals surface area contributed by atoms with Gasteiger partial charge in [0.1, 0.15) is 5.82 Å². The van der Waals surface area contributed by atoms with Crippen LogP contribution in [0.1, 0.15) is 24.1 Å². The predicted molar refractivity (Wildman–Crippen MR) is 59.4 cm³/mol. The van der Waals surface area contributed by atoms with Crippen molar-refractivity contribution in [3.63, 3.8) is 0 Å². The van der Waals surface area contributed by atoms with Crippen molar-refractivity contribution in [2.75, 3.05) is 20.3 Å². The lowest BCUT2D eigenvalue weighted by molar-refractivity contribution is 0.125. The molecule has 0 radical (unpaired) electrons. The first kappa shape index (κ1) is 12.1. The van der Waals surface area contributed by atoms with Gasteiger partial charge in [0.15, 0.2) is 0 Å². The SMILES string of the molecule is CCOCC(NC)c1ccc(C)c(F)c1. The van der Waals surface area contributed by atoms with Crippen LogP contribution in [0.15, 0.2) is 18.2 Å². The van der Waals surface area contributed by atoms with Gasteiger partial charge in [-0.25, -0.2) is 4.39 Å². The molecule has 1 atom stereocenters. The van der Waals surface area contributed by atoms with Gasteiger partial charge in [0.25, 0.3) is 0 Å². The Labute approximate surface area is 90.4 Å². The molecule has 0 amide bonds. The number of benzene rings is 1. The van der Waals surface area contributed by atoms with E-state index in [0.717, 1.165) is 5.56 Å². The molecular formula is C12H18FNO. The molecule has 0 saturated heterocycles. The Bertz CT molecular complexity index is 314. The Balaban J connectivity index is 2.78. The van der Waals surface area contributed by atoms with Crippen LogP contribution in [0.2, 0.25) is 0 Å². The highest BCUT2D eigenvalue weighted by Crippen LogP contribution is 2.16. The standard InChI is InChI=1S/C12H18FNO/c1-4-15-8-12(14-3)10-6-5-9(2)11(13)7-10/h5-7,12,14H,4,8H2,1-3H3. The molecular weight excluding hydrogens is 193 g/mol. The van der Waals surface area contributed by atoms with Crippen LogP contribution in [0.25, 0.3) is 0 Å². The molecule has 3 heteroatoms. The number of likely N-dealkylation sites (N-methyl/N-ethyl adjacent to an activating group) is 1. The molecule has 1 aromatic rings. The number of halogens is 1. The molecule has 1 rings (SSSR count). The first-order valence-electron chi connectivity index (χ1n) is 5.20. The lowest BCUT2D eigenvalue weighted by Gasteiger charge is -2.16. The molecule has 1 unspecified atom stereocenters. The van der Waals surface area contributed by atoms with Crippen molar-refractivity contribution >= 4 is 0 Å². The van der Waals surface area contributed by atoms with E-state index in [4.69, 9.17) is 4.74 Å². The fourth-order valence-corrected chi connectivity index (χ4v) is 1.41. The second-order valence-electron chi connectivity index (χ2n) is 3.51. The van der Waals surface area contributed by atoms with E-state index >= 15 is 0 Å². The van der Waals surface area contributed by atoms with Gasteiger partial charge in [0, 0.05) is 6.61 Å². The Morgan fingerprint density at radius 2 is 2.20 bits per heavy atom. The fourth-order valence-electron chi connectivity index (χ4n) is 1.41. The summed E-state index contributed by atoms with van der Waals surface area (Å²) >= 11 is 0. The molecule has 0 spiro atoms. The smallest absolute Gasteiger partial charge is 0.126 e. The molecule has 15 heavy (non-hydrogen) atoms. The lowest BCUT2D eigenvalue weighted by Crippen LogP contribution is -2.22. The first-order valence-corrected chi connectivity index (χ1v) is 5.20. The minimum atomic E-state index is -0.163. The van der Waals surface area contributed by atoms with Gasteiger partial charge in [0.2, 0.25) is 0 Å². The minimum absolute atomic E-state index is 0.0556. The maximum atomic E-state index is 13.3. The zero-order valence-electron chi connectivity index (χ0n) is 9.51. The number of aryl methyl sites for hydroxylation is 1. The molecule has 84 valence electrons. The van der Waals surface area contributed by atoms with Crippen molar-refractivity contribution in [2.24, 2.45) is 0 Å². The summed E-state index contributed by atoms with van der Waals surface area (Å²) in [6, 6.07) is 5.34. The normalized spacial score (nSPS) is 12.8. The van der Waals surface area contributed by atoms with Crippen molar-refractivity contribution in [3.8, 4) is 0 Å². The van der Waals surface area contributed by atoms with Gasteiger partial charge in [-0.15, -0.1) is 0 Å². The van der Waals surface area contributed by atoms with E-state index in [0.29, 0.717) is 18.8 Å². The summed E-state index contributed by atoms with van der Waals surface area (Å²) in [5, 5.41) is 3.11.